The molecule has 178 valence electrons. The predicted molar refractivity (Wildman–Crippen MR) is 134 cm³/mol. The summed E-state index contributed by atoms with van der Waals surface area (Å²) < 4.78 is 5.16. The molecule has 0 aliphatic carbocycles. The van der Waals surface area contributed by atoms with E-state index in [0.29, 0.717) is 6.61 Å². The molecule has 0 bridgehead atoms. The molecule has 32 heavy (non-hydrogen) atoms. The van der Waals surface area contributed by atoms with Gasteiger partial charge in [0.05, 0.1) is 19.4 Å². The van der Waals surface area contributed by atoms with Crippen LogP contribution >= 0.6 is 0 Å². The van der Waals surface area contributed by atoms with Gasteiger partial charge in [0, 0.05) is 0 Å². The van der Waals surface area contributed by atoms with E-state index in [0.717, 1.165) is 51.4 Å². The lowest BCUT2D eigenvalue weighted by Gasteiger charge is -2.12. The Bertz CT molecular complexity index is 650. The molecule has 0 aliphatic heterocycles. The second kappa shape index (κ2) is 23.1. The zero-order chi connectivity index (χ0) is 23.7. The predicted octanol–water partition coefficient (Wildman–Crippen LogP) is 7.51. The van der Waals surface area contributed by atoms with E-state index >= 15 is 0 Å². The molecular weight excluding hydrogens is 400 g/mol. The number of carboxylic acid groups (broad SMARTS) is 1. The van der Waals surface area contributed by atoms with E-state index in [-0.39, 0.29) is 18.8 Å². The van der Waals surface area contributed by atoms with Gasteiger partial charge in [0.25, 0.3) is 0 Å². The van der Waals surface area contributed by atoms with Crippen LogP contribution in [0.4, 0.5) is 0 Å². The van der Waals surface area contributed by atoms with Crippen LogP contribution in [0.2, 0.25) is 0 Å². The number of carbonyl (C=O) groups excluding carboxylic acids is 1. The number of hydrogen-bond acceptors (Lipinski definition) is 3. The van der Waals surface area contributed by atoms with Crippen LogP contribution in [0.3, 0.4) is 0 Å². The summed E-state index contributed by atoms with van der Waals surface area (Å²) in [5.74, 6) is -1.14. The Balaban J connectivity index is 3.79. The molecule has 0 saturated carbocycles. The van der Waals surface area contributed by atoms with E-state index in [1.165, 1.54) is 0 Å². The standard InChI is InChI=1S/C28H42O4/c1-3-5-6-7-8-9-10-11-12-13-14-15-16-17-18-19-20-21-22-26(4-2)25-32-28(31)24-23-27(29)30/h5-6,8-9,11-12,14-15,17-18,20-21,26H,3-4,7,10,13,16,19,22-25H2,1-2H3,(H,29,30)/b6-5-,9-8-,12-11-,15-14-,18-17-,21-20-. The SMILES string of the molecule is CC/C=C\C/C=C\C/C=C\C/C=C\C/C=C\C/C=C\CC(CC)COC(=O)CCC(=O)O. The maximum atomic E-state index is 11.5. The Morgan fingerprint density at radius 1 is 0.688 bits per heavy atom. The molecular formula is C28H42O4. The Morgan fingerprint density at radius 2 is 1.12 bits per heavy atom. The average Bonchev–Trinajstić information content (AvgIpc) is 2.78. The van der Waals surface area contributed by atoms with Gasteiger partial charge in [-0.25, -0.2) is 0 Å². The lowest BCUT2D eigenvalue weighted by atomic mass is 10.0. The van der Waals surface area contributed by atoms with Crippen molar-refractivity contribution in [2.24, 2.45) is 5.92 Å². The van der Waals surface area contributed by atoms with Gasteiger partial charge in [-0.15, -0.1) is 0 Å². The Morgan fingerprint density at radius 3 is 1.53 bits per heavy atom. The number of carbonyl (C=O) groups is 2. The summed E-state index contributed by atoms with van der Waals surface area (Å²) in [7, 11) is 0. The van der Waals surface area contributed by atoms with Gasteiger partial charge < -0.3 is 9.84 Å². The molecule has 0 saturated heterocycles. The largest absolute Gasteiger partial charge is 0.481 e. The van der Waals surface area contributed by atoms with E-state index in [4.69, 9.17) is 9.84 Å². The molecule has 0 rings (SSSR count). The number of allylic oxidation sites excluding steroid dienone is 12. The lowest BCUT2D eigenvalue weighted by Crippen LogP contribution is -2.14. The number of rotatable bonds is 19. The van der Waals surface area contributed by atoms with E-state index < -0.39 is 11.9 Å². The third kappa shape index (κ3) is 22.1. The highest BCUT2D eigenvalue weighted by Crippen LogP contribution is 2.11. The maximum absolute atomic E-state index is 11.5. The van der Waals surface area contributed by atoms with Gasteiger partial charge in [0.1, 0.15) is 0 Å². The van der Waals surface area contributed by atoms with Crippen molar-refractivity contribution < 1.29 is 19.4 Å². The molecule has 0 amide bonds. The van der Waals surface area contributed by atoms with Crippen molar-refractivity contribution in [2.45, 2.75) is 78.1 Å². The highest BCUT2D eigenvalue weighted by atomic mass is 16.5. The third-order valence-corrected chi connectivity index (χ3v) is 4.67. The van der Waals surface area contributed by atoms with Crippen LogP contribution in [0.15, 0.2) is 72.9 Å². The molecule has 0 fully saturated rings. The molecule has 0 spiro atoms. The Kier molecular flexibility index (Phi) is 21.2. The molecule has 0 aliphatic rings. The summed E-state index contributed by atoms with van der Waals surface area (Å²) in [5.41, 5.74) is 0. The fourth-order valence-corrected chi connectivity index (χ4v) is 2.65. The molecule has 1 N–H and O–H groups in total. The number of esters is 1. The average molecular weight is 443 g/mol. The molecule has 0 aromatic rings. The Labute approximate surface area is 195 Å². The number of hydrogen-bond donors (Lipinski definition) is 1. The van der Waals surface area contributed by atoms with Gasteiger partial charge in [-0.05, 0) is 57.3 Å². The van der Waals surface area contributed by atoms with Crippen LogP contribution < -0.4 is 0 Å². The van der Waals surface area contributed by atoms with Crippen molar-refractivity contribution in [1.82, 2.24) is 0 Å². The zero-order valence-electron chi connectivity index (χ0n) is 20.0. The van der Waals surface area contributed by atoms with E-state index in [1.54, 1.807) is 0 Å². The zero-order valence-corrected chi connectivity index (χ0v) is 20.0. The molecule has 1 unspecified atom stereocenters. The second-order valence-electron chi connectivity index (χ2n) is 7.50. The summed E-state index contributed by atoms with van der Waals surface area (Å²) in [5, 5.41) is 8.57. The summed E-state index contributed by atoms with van der Waals surface area (Å²) in [6.45, 7) is 4.56. The molecule has 0 radical (unpaired) electrons. The van der Waals surface area contributed by atoms with Crippen LogP contribution in [0, 0.1) is 5.92 Å². The molecule has 0 heterocycles. The van der Waals surface area contributed by atoms with Crippen LogP contribution in [0.1, 0.15) is 78.1 Å². The van der Waals surface area contributed by atoms with Gasteiger partial charge >= 0.3 is 11.9 Å². The van der Waals surface area contributed by atoms with Gasteiger partial charge in [0.2, 0.25) is 0 Å². The highest BCUT2D eigenvalue weighted by Gasteiger charge is 2.10. The molecule has 4 heteroatoms. The topological polar surface area (TPSA) is 63.6 Å². The van der Waals surface area contributed by atoms with Crippen molar-refractivity contribution in [1.29, 1.82) is 0 Å². The van der Waals surface area contributed by atoms with Gasteiger partial charge in [-0.3, -0.25) is 9.59 Å². The van der Waals surface area contributed by atoms with Crippen molar-refractivity contribution in [3.05, 3.63) is 72.9 Å². The van der Waals surface area contributed by atoms with E-state index in [2.05, 4.69) is 86.8 Å². The monoisotopic (exact) mass is 442 g/mol. The minimum Gasteiger partial charge on any atom is -0.481 e. The van der Waals surface area contributed by atoms with Gasteiger partial charge in [-0.2, -0.15) is 0 Å². The fraction of sp³-hybridized carbons (Fsp3) is 0.500. The van der Waals surface area contributed by atoms with E-state index in [1.807, 2.05) is 0 Å². The smallest absolute Gasteiger partial charge is 0.306 e. The van der Waals surface area contributed by atoms with Crippen molar-refractivity contribution >= 4 is 11.9 Å². The lowest BCUT2D eigenvalue weighted by molar-refractivity contribution is -0.148. The number of ether oxygens (including phenoxy) is 1. The third-order valence-electron chi connectivity index (χ3n) is 4.67. The van der Waals surface area contributed by atoms with Crippen LogP contribution in [-0.4, -0.2) is 23.7 Å². The minimum atomic E-state index is -0.980. The van der Waals surface area contributed by atoms with Gasteiger partial charge in [-0.1, -0.05) is 86.8 Å². The quantitative estimate of drug-likeness (QED) is 0.166. The summed E-state index contributed by atoms with van der Waals surface area (Å²) in [4.78, 5) is 21.9. The van der Waals surface area contributed by atoms with Crippen molar-refractivity contribution in [3.8, 4) is 0 Å². The summed E-state index contributed by atoms with van der Waals surface area (Å²) in [6.07, 6.45) is 33.6. The van der Waals surface area contributed by atoms with Crippen LogP contribution in [0.5, 0.6) is 0 Å². The van der Waals surface area contributed by atoms with E-state index in [9.17, 15) is 9.59 Å². The molecule has 1 atom stereocenters. The van der Waals surface area contributed by atoms with Crippen molar-refractivity contribution in [2.75, 3.05) is 6.61 Å². The first-order chi connectivity index (χ1) is 15.6. The first-order valence-corrected chi connectivity index (χ1v) is 11.9. The molecule has 0 aromatic heterocycles. The first kappa shape index (κ1) is 29.4. The van der Waals surface area contributed by atoms with Crippen LogP contribution in [0.25, 0.3) is 0 Å². The number of aliphatic carboxylic acids is 1. The van der Waals surface area contributed by atoms with Crippen LogP contribution in [-0.2, 0) is 14.3 Å². The summed E-state index contributed by atoms with van der Waals surface area (Å²) in [6, 6.07) is 0. The molecule has 4 nitrogen and oxygen atoms in total. The molecule has 0 aromatic carbocycles. The first-order valence-electron chi connectivity index (χ1n) is 11.9. The van der Waals surface area contributed by atoms with Gasteiger partial charge in [0.15, 0.2) is 0 Å². The maximum Gasteiger partial charge on any atom is 0.306 e. The summed E-state index contributed by atoms with van der Waals surface area (Å²) >= 11 is 0. The normalized spacial score (nSPS) is 13.6. The minimum absolute atomic E-state index is 0.0638. The second-order valence-corrected chi connectivity index (χ2v) is 7.50. The fourth-order valence-electron chi connectivity index (χ4n) is 2.65. The van der Waals surface area contributed by atoms with Crippen molar-refractivity contribution in [3.63, 3.8) is 0 Å². The number of carboxylic acids is 1. The Hall–Kier alpha value is -2.62. The highest BCUT2D eigenvalue weighted by molar-refractivity contribution is 5.76.